The Morgan fingerprint density at radius 3 is 2.60 bits per heavy atom. The van der Waals surface area contributed by atoms with Crippen LogP contribution in [0.5, 0.6) is 0 Å². The average Bonchev–Trinajstić information content (AvgIpc) is 2.04. The maximum absolute atomic E-state index is 5.31. The SMILES string of the molecule is C#CC1=C(C=C)CCCC1. The van der Waals surface area contributed by atoms with Crippen molar-refractivity contribution in [2.24, 2.45) is 0 Å². The molecule has 10 heavy (non-hydrogen) atoms. The van der Waals surface area contributed by atoms with Gasteiger partial charge >= 0.3 is 0 Å². The second kappa shape index (κ2) is 3.27. The minimum atomic E-state index is 1.08. The van der Waals surface area contributed by atoms with Crippen molar-refractivity contribution in [3.05, 3.63) is 23.8 Å². The molecule has 0 fully saturated rings. The molecule has 0 saturated heterocycles. The zero-order chi connectivity index (χ0) is 7.40. The maximum atomic E-state index is 5.31. The van der Waals surface area contributed by atoms with Gasteiger partial charge in [0.1, 0.15) is 0 Å². The molecule has 0 heterocycles. The normalized spacial score (nSPS) is 18.3. The molecule has 52 valence electrons. The molecule has 0 saturated carbocycles. The van der Waals surface area contributed by atoms with Gasteiger partial charge in [0.15, 0.2) is 0 Å². The van der Waals surface area contributed by atoms with Gasteiger partial charge in [-0.15, -0.1) is 6.42 Å². The van der Waals surface area contributed by atoms with Gasteiger partial charge in [-0.1, -0.05) is 18.6 Å². The summed E-state index contributed by atoms with van der Waals surface area (Å²) >= 11 is 0. The summed E-state index contributed by atoms with van der Waals surface area (Å²) in [5.74, 6) is 2.71. The van der Waals surface area contributed by atoms with Gasteiger partial charge in [0, 0.05) is 5.57 Å². The van der Waals surface area contributed by atoms with Crippen molar-refractivity contribution < 1.29 is 0 Å². The smallest absolute Gasteiger partial charge is 0.00494 e. The number of hydrogen-bond acceptors (Lipinski definition) is 0. The first-order valence-corrected chi connectivity index (χ1v) is 3.69. The van der Waals surface area contributed by atoms with Gasteiger partial charge in [-0.25, -0.2) is 0 Å². The van der Waals surface area contributed by atoms with E-state index < -0.39 is 0 Å². The van der Waals surface area contributed by atoms with Crippen LogP contribution < -0.4 is 0 Å². The highest BCUT2D eigenvalue weighted by atomic mass is 14.1. The Labute approximate surface area is 62.6 Å². The first-order valence-electron chi connectivity index (χ1n) is 3.69. The summed E-state index contributed by atoms with van der Waals surface area (Å²) in [6, 6.07) is 0. The van der Waals surface area contributed by atoms with Gasteiger partial charge in [0.25, 0.3) is 0 Å². The zero-order valence-corrected chi connectivity index (χ0v) is 6.19. The summed E-state index contributed by atoms with van der Waals surface area (Å²) in [4.78, 5) is 0. The summed E-state index contributed by atoms with van der Waals surface area (Å²) in [5, 5.41) is 0. The Morgan fingerprint density at radius 2 is 2.10 bits per heavy atom. The van der Waals surface area contributed by atoms with Gasteiger partial charge in [0.05, 0.1) is 0 Å². The van der Waals surface area contributed by atoms with Crippen molar-refractivity contribution in [1.29, 1.82) is 0 Å². The number of rotatable bonds is 1. The molecule has 0 radical (unpaired) electrons. The third-order valence-electron chi connectivity index (χ3n) is 1.93. The Kier molecular flexibility index (Phi) is 2.34. The fraction of sp³-hybridized carbons (Fsp3) is 0.400. The topological polar surface area (TPSA) is 0 Å². The van der Waals surface area contributed by atoms with Crippen LogP contribution in [0.3, 0.4) is 0 Å². The Balaban J connectivity index is 2.85. The molecule has 0 aromatic heterocycles. The molecule has 0 aliphatic heterocycles. The molecule has 0 aromatic rings. The molecular weight excluding hydrogens is 120 g/mol. The van der Waals surface area contributed by atoms with Gasteiger partial charge in [-0.2, -0.15) is 0 Å². The van der Waals surface area contributed by atoms with Gasteiger partial charge in [-0.05, 0) is 31.3 Å². The van der Waals surface area contributed by atoms with Crippen molar-refractivity contribution in [1.82, 2.24) is 0 Å². The highest BCUT2D eigenvalue weighted by molar-refractivity contribution is 5.37. The summed E-state index contributed by atoms with van der Waals surface area (Å²) in [6.45, 7) is 3.73. The molecule has 0 bridgehead atoms. The maximum Gasteiger partial charge on any atom is 0.00494 e. The molecular formula is C10H12. The van der Waals surface area contributed by atoms with Crippen molar-refractivity contribution in [3.8, 4) is 12.3 Å². The molecule has 0 aromatic carbocycles. The highest BCUT2D eigenvalue weighted by Gasteiger charge is 2.06. The summed E-state index contributed by atoms with van der Waals surface area (Å²) < 4.78 is 0. The van der Waals surface area contributed by atoms with E-state index in [1.54, 1.807) is 0 Å². The summed E-state index contributed by atoms with van der Waals surface area (Å²) in [7, 11) is 0. The second-order valence-electron chi connectivity index (χ2n) is 2.56. The van der Waals surface area contributed by atoms with Crippen molar-refractivity contribution in [3.63, 3.8) is 0 Å². The van der Waals surface area contributed by atoms with Crippen LogP contribution in [0.15, 0.2) is 23.8 Å². The standard InChI is InChI=1S/C10H12/c1-3-9-7-5-6-8-10(9)4-2/h1,4H,2,5-8H2. The van der Waals surface area contributed by atoms with E-state index in [0.717, 1.165) is 12.8 Å². The number of terminal acetylenes is 1. The molecule has 1 aliphatic rings. The van der Waals surface area contributed by atoms with Crippen molar-refractivity contribution >= 4 is 0 Å². The molecule has 1 aliphatic carbocycles. The first-order chi connectivity index (χ1) is 4.88. The molecule has 1 rings (SSSR count). The molecule has 0 unspecified atom stereocenters. The molecule has 0 atom stereocenters. The van der Waals surface area contributed by atoms with E-state index in [0.29, 0.717) is 0 Å². The summed E-state index contributed by atoms with van der Waals surface area (Å²) in [5.41, 5.74) is 2.45. The molecule has 0 nitrogen and oxygen atoms in total. The lowest BCUT2D eigenvalue weighted by Crippen LogP contribution is -1.95. The predicted molar refractivity (Wildman–Crippen MR) is 44.5 cm³/mol. The van der Waals surface area contributed by atoms with Gasteiger partial charge in [-0.3, -0.25) is 0 Å². The second-order valence-corrected chi connectivity index (χ2v) is 2.56. The van der Waals surface area contributed by atoms with Crippen LogP contribution >= 0.6 is 0 Å². The lowest BCUT2D eigenvalue weighted by molar-refractivity contribution is 0.697. The quantitative estimate of drug-likeness (QED) is 0.481. The van der Waals surface area contributed by atoms with Crippen LogP contribution in [0.2, 0.25) is 0 Å². The van der Waals surface area contributed by atoms with E-state index in [1.165, 1.54) is 24.0 Å². The van der Waals surface area contributed by atoms with E-state index in [-0.39, 0.29) is 0 Å². The molecule has 0 N–H and O–H groups in total. The largest absolute Gasteiger partial charge is 0.115 e. The van der Waals surface area contributed by atoms with Crippen LogP contribution in [-0.2, 0) is 0 Å². The fourth-order valence-electron chi connectivity index (χ4n) is 1.32. The monoisotopic (exact) mass is 132 g/mol. The Hall–Kier alpha value is -0.960. The fourth-order valence-corrected chi connectivity index (χ4v) is 1.32. The van der Waals surface area contributed by atoms with Crippen LogP contribution in [0.4, 0.5) is 0 Å². The van der Waals surface area contributed by atoms with Crippen LogP contribution in [0.25, 0.3) is 0 Å². The number of hydrogen-bond donors (Lipinski definition) is 0. The van der Waals surface area contributed by atoms with Gasteiger partial charge < -0.3 is 0 Å². The lowest BCUT2D eigenvalue weighted by atomic mass is 9.92. The van der Waals surface area contributed by atoms with Crippen LogP contribution in [-0.4, -0.2) is 0 Å². The number of allylic oxidation sites excluding steroid dienone is 3. The minimum Gasteiger partial charge on any atom is -0.115 e. The predicted octanol–water partition coefficient (Wildman–Crippen LogP) is 2.68. The highest BCUT2D eigenvalue weighted by Crippen LogP contribution is 2.24. The summed E-state index contributed by atoms with van der Waals surface area (Å²) in [6.07, 6.45) is 11.9. The van der Waals surface area contributed by atoms with Crippen LogP contribution in [0.1, 0.15) is 25.7 Å². The Bertz CT molecular complexity index is 201. The lowest BCUT2D eigenvalue weighted by Gasteiger charge is -2.12. The van der Waals surface area contributed by atoms with Crippen molar-refractivity contribution in [2.75, 3.05) is 0 Å². The Morgan fingerprint density at radius 1 is 1.40 bits per heavy atom. The van der Waals surface area contributed by atoms with Crippen LogP contribution in [0, 0.1) is 12.3 Å². The molecule has 0 heteroatoms. The third-order valence-corrected chi connectivity index (χ3v) is 1.93. The van der Waals surface area contributed by atoms with Gasteiger partial charge in [0.2, 0.25) is 0 Å². The van der Waals surface area contributed by atoms with E-state index in [9.17, 15) is 0 Å². The first kappa shape index (κ1) is 7.15. The zero-order valence-electron chi connectivity index (χ0n) is 6.19. The van der Waals surface area contributed by atoms with Crippen molar-refractivity contribution in [2.45, 2.75) is 25.7 Å². The van der Waals surface area contributed by atoms with E-state index in [1.807, 2.05) is 6.08 Å². The van der Waals surface area contributed by atoms with E-state index in [2.05, 4.69) is 12.5 Å². The van der Waals surface area contributed by atoms with E-state index >= 15 is 0 Å². The van der Waals surface area contributed by atoms with E-state index in [4.69, 9.17) is 6.42 Å². The molecule has 0 amide bonds. The molecule has 0 spiro atoms. The minimum absolute atomic E-state index is 1.08. The third kappa shape index (κ3) is 1.30. The average molecular weight is 132 g/mol.